The summed E-state index contributed by atoms with van der Waals surface area (Å²) in [6, 6.07) is 5.81. The van der Waals surface area contributed by atoms with Crippen molar-refractivity contribution in [3.8, 4) is 9.75 Å². The normalized spacial score (nSPS) is 10.3. The Morgan fingerprint density at radius 1 is 1.15 bits per heavy atom. The van der Waals surface area contributed by atoms with E-state index in [2.05, 4.69) is 0 Å². The predicted molar refractivity (Wildman–Crippen MR) is 57.5 cm³/mol. The van der Waals surface area contributed by atoms with Crippen LogP contribution in [-0.2, 0) is 0 Å². The first kappa shape index (κ1) is 8.96. The van der Waals surface area contributed by atoms with Gasteiger partial charge in [-0.25, -0.2) is 0 Å². The molecule has 0 amide bonds. The lowest BCUT2D eigenvalue weighted by molar-refractivity contribution is 0.426. The van der Waals surface area contributed by atoms with Gasteiger partial charge in [0.1, 0.15) is 0 Å². The van der Waals surface area contributed by atoms with Crippen LogP contribution >= 0.6 is 22.7 Å². The summed E-state index contributed by atoms with van der Waals surface area (Å²) in [5.41, 5.74) is 0.563. The molecule has 66 valence electrons. The second-order valence-corrected chi connectivity index (χ2v) is 4.45. The zero-order valence-electron chi connectivity index (χ0n) is 6.68. The second-order valence-electron chi connectivity index (χ2n) is 2.60. The van der Waals surface area contributed by atoms with Crippen molar-refractivity contribution in [3.63, 3.8) is 0 Å². The van der Waals surface area contributed by atoms with Gasteiger partial charge in [0.25, 0.3) is 0 Å². The zero-order valence-corrected chi connectivity index (χ0v) is 8.31. The molecule has 2 heterocycles. The first-order chi connectivity index (χ1) is 6.27. The van der Waals surface area contributed by atoms with Gasteiger partial charge in [0.05, 0.1) is 0 Å². The molecule has 0 aliphatic heterocycles. The molecule has 5 heteroatoms. The fourth-order valence-electron chi connectivity index (χ4n) is 1.03. The topological polar surface area (TPSA) is 40.5 Å². The molecule has 13 heavy (non-hydrogen) atoms. The lowest BCUT2D eigenvalue weighted by atomic mass is 9.83. The molecule has 2 rings (SSSR count). The van der Waals surface area contributed by atoms with E-state index in [-0.39, 0.29) is 0 Å². The molecule has 0 unspecified atom stereocenters. The lowest BCUT2D eigenvalue weighted by Gasteiger charge is -1.90. The highest BCUT2D eigenvalue weighted by Gasteiger charge is 2.13. The average Bonchev–Trinajstić information content (AvgIpc) is 2.75. The Bertz CT molecular complexity index is 381. The summed E-state index contributed by atoms with van der Waals surface area (Å²) < 4.78 is 0. The van der Waals surface area contributed by atoms with E-state index in [1.54, 1.807) is 22.8 Å². The molecule has 0 saturated heterocycles. The Balaban J connectivity index is 2.33. The largest absolute Gasteiger partial charge is 0.489 e. The molecule has 0 aromatic carbocycles. The maximum absolute atomic E-state index is 8.90. The third-order valence-electron chi connectivity index (χ3n) is 1.68. The van der Waals surface area contributed by atoms with Crippen LogP contribution in [0.25, 0.3) is 9.75 Å². The van der Waals surface area contributed by atoms with Crippen molar-refractivity contribution in [1.82, 2.24) is 0 Å². The van der Waals surface area contributed by atoms with Gasteiger partial charge in [-0.15, -0.1) is 22.7 Å². The number of rotatable bonds is 2. The molecule has 2 N–H and O–H groups in total. The molecular weight excluding hydrogens is 203 g/mol. The minimum atomic E-state index is -1.36. The van der Waals surface area contributed by atoms with Crippen molar-refractivity contribution in [1.29, 1.82) is 0 Å². The molecular formula is C8H7BO2S2. The Morgan fingerprint density at radius 2 is 2.00 bits per heavy atom. The van der Waals surface area contributed by atoms with Gasteiger partial charge >= 0.3 is 7.12 Å². The van der Waals surface area contributed by atoms with Crippen molar-refractivity contribution < 1.29 is 10.0 Å². The summed E-state index contributed by atoms with van der Waals surface area (Å²) in [5, 5.41) is 21.6. The quantitative estimate of drug-likeness (QED) is 0.730. The van der Waals surface area contributed by atoms with Gasteiger partial charge in [0.15, 0.2) is 0 Å². The smallest absolute Gasteiger partial charge is 0.423 e. The number of hydrogen-bond acceptors (Lipinski definition) is 4. The van der Waals surface area contributed by atoms with Crippen LogP contribution in [-0.4, -0.2) is 17.2 Å². The minimum absolute atomic E-state index is 0.563. The van der Waals surface area contributed by atoms with Gasteiger partial charge < -0.3 is 10.0 Å². The monoisotopic (exact) mass is 210 g/mol. The molecule has 0 aliphatic rings. The van der Waals surface area contributed by atoms with E-state index < -0.39 is 7.12 Å². The van der Waals surface area contributed by atoms with Gasteiger partial charge in [-0.3, -0.25) is 0 Å². The number of thiophene rings is 2. The van der Waals surface area contributed by atoms with Crippen molar-refractivity contribution in [2.45, 2.75) is 0 Å². The third kappa shape index (κ3) is 1.83. The Kier molecular flexibility index (Phi) is 2.50. The van der Waals surface area contributed by atoms with Gasteiger partial charge in [0.2, 0.25) is 0 Å². The molecule has 0 aliphatic carbocycles. The summed E-state index contributed by atoms with van der Waals surface area (Å²) in [6.45, 7) is 0. The molecule has 0 atom stereocenters. The van der Waals surface area contributed by atoms with Gasteiger partial charge in [-0.05, 0) is 28.4 Å². The lowest BCUT2D eigenvalue weighted by Crippen LogP contribution is -2.27. The van der Waals surface area contributed by atoms with E-state index in [4.69, 9.17) is 10.0 Å². The fraction of sp³-hybridized carbons (Fsp3) is 0. The predicted octanol–water partition coefficient (Wildman–Crippen LogP) is 1.16. The fourth-order valence-corrected chi connectivity index (χ4v) is 2.80. The SMILES string of the molecule is OB(O)c1csc(-c2cccs2)c1. The second kappa shape index (κ2) is 3.63. The Labute approximate surface area is 84.3 Å². The first-order valence-electron chi connectivity index (χ1n) is 3.76. The van der Waals surface area contributed by atoms with Crippen LogP contribution in [0.4, 0.5) is 0 Å². The van der Waals surface area contributed by atoms with Gasteiger partial charge in [-0.2, -0.15) is 0 Å². The molecule has 0 saturated carbocycles. The maximum atomic E-state index is 8.90. The van der Waals surface area contributed by atoms with Crippen molar-refractivity contribution in [2.75, 3.05) is 0 Å². The molecule has 0 bridgehead atoms. The molecule has 0 fully saturated rings. The summed E-state index contributed by atoms with van der Waals surface area (Å²) in [4.78, 5) is 2.25. The highest BCUT2D eigenvalue weighted by atomic mass is 32.1. The molecule has 0 radical (unpaired) electrons. The highest BCUT2D eigenvalue weighted by Crippen LogP contribution is 2.27. The van der Waals surface area contributed by atoms with Crippen LogP contribution in [0.5, 0.6) is 0 Å². The zero-order chi connectivity index (χ0) is 9.26. The van der Waals surface area contributed by atoms with Crippen molar-refractivity contribution >= 4 is 35.3 Å². The summed E-state index contributed by atoms with van der Waals surface area (Å²) in [5.74, 6) is 0. The van der Waals surface area contributed by atoms with Crippen LogP contribution in [0.3, 0.4) is 0 Å². The van der Waals surface area contributed by atoms with Crippen molar-refractivity contribution in [2.24, 2.45) is 0 Å². The molecule has 2 nitrogen and oxygen atoms in total. The first-order valence-corrected chi connectivity index (χ1v) is 5.52. The van der Waals surface area contributed by atoms with Crippen LogP contribution in [0.2, 0.25) is 0 Å². The Hall–Kier alpha value is -0.615. The van der Waals surface area contributed by atoms with Crippen LogP contribution in [0, 0.1) is 0 Å². The Morgan fingerprint density at radius 3 is 2.54 bits per heavy atom. The van der Waals surface area contributed by atoms with E-state index in [9.17, 15) is 0 Å². The van der Waals surface area contributed by atoms with Crippen molar-refractivity contribution in [3.05, 3.63) is 29.0 Å². The summed E-state index contributed by atoms with van der Waals surface area (Å²) >= 11 is 3.17. The third-order valence-corrected chi connectivity index (χ3v) is 3.70. The van der Waals surface area contributed by atoms with Crippen LogP contribution < -0.4 is 5.46 Å². The standard InChI is InChI=1S/C8H7BO2S2/c10-9(11)6-4-8(13-5-6)7-2-1-3-12-7/h1-5,10-11H. The number of hydrogen-bond donors (Lipinski definition) is 2. The van der Waals surface area contributed by atoms with Crippen LogP contribution in [0.15, 0.2) is 29.0 Å². The van der Waals surface area contributed by atoms with E-state index in [0.29, 0.717) is 5.46 Å². The van der Waals surface area contributed by atoms with E-state index in [0.717, 1.165) is 9.75 Å². The van der Waals surface area contributed by atoms with Gasteiger partial charge in [-0.1, -0.05) is 6.07 Å². The van der Waals surface area contributed by atoms with Crippen LogP contribution in [0.1, 0.15) is 0 Å². The molecule has 2 aromatic rings. The maximum Gasteiger partial charge on any atom is 0.489 e. The van der Waals surface area contributed by atoms with E-state index >= 15 is 0 Å². The van der Waals surface area contributed by atoms with E-state index in [1.165, 1.54) is 11.3 Å². The average molecular weight is 210 g/mol. The molecule has 0 spiro atoms. The van der Waals surface area contributed by atoms with Gasteiger partial charge in [0, 0.05) is 9.75 Å². The summed E-state index contributed by atoms with van der Waals surface area (Å²) in [6.07, 6.45) is 0. The van der Waals surface area contributed by atoms with E-state index in [1.807, 2.05) is 17.5 Å². The highest BCUT2D eigenvalue weighted by molar-refractivity contribution is 7.20. The summed E-state index contributed by atoms with van der Waals surface area (Å²) in [7, 11) is -1.36. The minimum Gasteiger partial charge on any atom is -0.423 e. The molecule has 2 aromatic heterocycles.